The smallest absolute Gasteiger partial charge is 0.244 e. The van der Waals surface area contributed by atoms with Crippen molar-refractivity contribution in [3.8, 4) is 0 Å². The van der Waals surface area contributed by atoms with E-state index in [1.807, 2.05) is 0 Å². The molecule has 0 aliphatic carbocycles. The quantitative estimate of drug-likeness (QED) is 0.519. The van der Waals surface area contributed by atoms with Crippen LogP contribution in [0.25, 0.3) is 0 Å². The third-order valence-electron chi connectivity index (χ3n) is 5.19. The van der Waals surface area contributed by atoms with Crippen molar-refractivity contribution in [1.82, 2.24) is 10.2 Å². The van der Waals surface area contributed by atoms with Gasteiger partial charge in [0.2, 0.25) is 21.8 Å². The van der Waals surface area contributed by atoms with Gasteiger partial charge in [-0.25, -0.2) is 8.42 Å². The van der Waals surface area contributed by atoms with Crippen molar-refractivity contribution in [3.05, 3.63) is 63.6 Å². The topological polar surface area (TPSA) is 86.8 Å². The fourth-order valence-corrected chi connectivity index (χ4v) is 4.65. The third kappa shape index (κ3) is 7.09. The first kappa shape index (κ1) is 27.0. The molecule has 0 heterocycles. The van der Waals surface area contributed by atoms with Crippen LogP contribution < -0.4 is 9.62 Å². The number of rotatable bonds is 10. The molecule has 2 amide bonds. The SMILES string of the molecule is CCNC(=O)[C@@H](CC)N(Cc1ccc(Cl)cc1)C(=O)CN(c1cccc(Cl)c1C)S(C)(=O)=O. The minimum atomic E-state index is -3.82. The predicted octanol–water partition coefficient (Wildman–Crippen LogP) is 4.01. The van der Waals surface area contributed by atoms with Crippen molar-refractivity contribution in [2.45, 2.75) is 39.8 Å². The molecule has 1 N–H and O–H groups in total. The molecule has 33 heavy (non-hydrogen) atoms. The Labute approximate surface area is 205 Å². The molecular weight excluding hydrogens is 485 g/mol. The Kier molecular flexibility index (Phi) is 9.57. The maximum absolute atomic E-state index is 13.5. The van der Waals surface area contributed by atoms with Crippen LogP contribution in [-0.4, -0.2) is 50.5 Å². The molecule has 0 saturated heterocycles. The summed E-state index contributed by atoms with van der Waals surface area (Å²) < 4.78 is 26.3. The number of halogens is 2. The third-order valence-corrected chi connectivity index (χ3v) is 6.98. The molecule has 2 rings (SSSR count). The summed E-state index contributed by atoms with van der Waals surface area (Å²) >= 11 is 12.2. The molecule has 0 fully saturated rings. The summed E-state index contributed by atoms with van der Waals surface area (Å²) in [5.74, 6) is -0.806. The highest BCUT2D eigenvalue weighted by Gasteiger charge is 2.32. The molecule has 7 nitrogen and oxygen atoms in total. The lowest BCUT2D eigenvalue weighted by atomic mass is 10.1. The Morgan fingerprint density at radius 1 is 1.06 bits per heavy atom. The van der Waals surface area contributed by atoms with Gasteiger partial charge in [0.25, 0.3) is 0 Å². The standard InChI is InChI=1S/C23H29Cl2N3O4S/c1-5-20(23(30)26-6-2)27(14-17-10-12-18(24)13-11-17)22(29)15-28(33(4,31)32)21-9-7-8-19(25)16(21)3/h7-13,20H,5-6,14-15H2,1-4H3,(H,26,30)/t20-/m1/s1. The molecule has 0 unspecified atom stereocenters. The number of nitrogens with one attached hydrogen (secondary N) is 1. The Morgan fingerprint density at radius 2 is 1.70 bits per heavy atom. The van der Waals surface area contributed by atoms with E-state index >= 15 is 0 Å². The summed E-state index contributed by atoms with van der Waals surface area (Å²) in [4.78, 5) is 27.7. The van der Waals surface area contributed by atoms with E-state index in [1.54, 1.807) is 63.2 Å². The van der Waals surface area contributed by atoms with Crippen molar-refractivity contribution < 1.29 is 18.0 Å². The second-order valence-electron chi connectivity index (χ2n) is 7.62. The zero-order valence-corrected chi connectivity index (χ0v) is 21.5. The van der Waals surface area contributed by atoms with Gasteiger partial charge in [-0.05, 0) is 55.7 Å². The highest BCUT2D eigenvalue weighted by molar-refractivity contribution is 7.92. The fraction of sp³-hybridized carbons (Fsp3) is 0.391. The van der Waals surface area contributed by atoms with Gasteiger partial charge in [0, 0.05) is 23.1 Å². The van der Waals surface area contributed by atoms with E-state index in [0.717, 1.165) is 16.1 Å². The lowest BCUT2D eigenvalue weighted by molar-refractivity contribution is -0.140. The second-order valence-corrected chi connectivity index (χ2v) is 10.4. The minimum Gasteiger partial charge on any atom is -0.355 e. The maximum atomic E-state index is 13.5. The van der Waals surface area contributed by atoms with E-state index in [0.29, 0.717) is 34.3 Å². The average molecular weight is 514 g/mol. The van der Waals surface area contributed by atoms with E-state index in [9.17, 15) is 18.0 Å². The normalized spacial score (nSPS) is 12.2. The van der Waals surface area contributed by atoms with Crippen LogP contribution in [0.5, 0.6) is 0 Å². The average Bonchev–Trinajstić information content (AvgIpc) is 2.75. The second kappa shape index (κ2) is 11.7. The van der Waals surface area contributed by atoms with Crippen LogP contribution in [0.1, 0.15) is 31.4 Å². The van der Waals surface area contributed by atoms with Gasteiger partial charge < -0.3 is 10.2 Å². The summed E-state index contributed by atoms with van der Waals surface area (Å²) in [6.45, 7) is 5.35. The predicted molar refractivity (Wildman–Crippen MR) is 133 cm³/mol. The van der Waals surface area contributed by atoms with Crippen LogP contribution in [0.15, 0.2) is 42.5 Å². The molecule has 0 bridgehead atoms. The number of sulfonamides is 1. The Morgan fingerprint density at radius 3 is 2.24 bits per heavy atom. The van der Waals surface area contributed by atoms with Crippen molar-refractivity contribution in [2.75, 3.05) is 23.7 Å². The molecule has 0 aliphatic heterocycles. The Bertz CT molecular complexity index is 1090. The van der Waals surface area contributed by atoms with Crippen molar-refractivity contribution in [2.24, 2.45) is 0 Å². The van der Waals surface area contributed by atoms with Crippen LogP contribution >= 0.6 is 23.2 Å². The molecule has 10 heteroatoms. The van der Waals surface area contributed by atoms with E-state index in [2.05, 4.69) is 5.32 Å². The van der Waals surface area contributed by atoms with E-state index < -0.39 is 28.5 Å². The highest BCUT2D eigenvalue weighted by atomic mass is 35.5. The number of carbonyl (C=O) groups is 2. The number of benzene rings is 2. The zero-order chi connectivity index (χ0) is 24.8. The Balaban J connectivity index is 2.47. The summed E-state index contributed by atoms with van der Waals surface area (Å²) in [6, 6.07) is 11.0. The van der Waals surface area contributed by atoms with Crippen molar-refractivity contribution >= 4 is 50.7 Å². The van der Waals surface area contributed by atoms with Gasteiger partial charge in [-0.3, -0.25) is 13.9 Å². The number of likely N-dealkylation sites (N-methyl/N-ethyl adjacent to an activating group) is 1. The summed E-state index contributed by atoms with van der Waals surface area (Å²) in [7, 11) is -3.82. The van der Waals surface area contributed by atoms with E-state index in [-0.39, 0.29) is 12.5 Å². The minimum absolute atomic E-state index is 0.123. The van der Waals surface area contributed by atoms with Gasteiger partial charge in [-0.2, -0.15) is 0 Å². The van der Waals surface area contributed by atoms with Crippen molar-refractivity contribution in [1.29, 1.82) is 0 Å². The molecule has 0 radical (unpaired) electrons. The maximum Gasteiger partial charge on any atom is 0.244 e. The molecule has 2 aromatic rings. The molecule has 0 saturated carbocycles. The summed E-state index contributed by atoms with van der Waals surface area (Å²) in [5.41, 5.74) is 1.62. The van der Waals surface area contributed by atoms with E-state index in [4.69, 9.17) is 23.2 Å². The van der Waals surface area contributed by atoms with Crippen LogP contribution in [0.4, 0.5) is 5.69 Å². The lowest BCUT2D eigenvalue weighted by Gasteiger charge is -2.33. The van der Waals surface area contributed by atoms with Gasteiger partial charge in [0.1, 0.15) is 12.6 Å². The molecule has 0 aliphatic rings. The largest absolute Gasteiger partial charge is 0.355 e. The van der Waals surface area contributed by atoms with Crippen molar-refractivity contribution in [3.63, 3.8) is 0 Å². The number of amides is 2. The van der Waals surface area contributed by atoms with Gasteiger partial charge in [-0.15, -0.1) is 0 Å². The van der Waals surface area contributed by atoms with Crippen LogP contribution in [0.3, 0.4) is 0 Å². The molecule has 0 aromatic heterocycles. The number of carbonyl (C=O) groups excluding carboxylic acids is 2. The molecule has 1 atom stereocenters. The molecule has 2 aromatic carbocycles. The molecular formula is C23H29Cl2N3O4S. The van der Waals surface area contributed by atoms with Crippen LogP contribution in [0.2, 0.25) is 10.0 Å². The number of hydrogen-bond acceptors (Lipinski definition) is 4. The first-order chi connectivity index (χ1) is 15.5. The number of hydrogen-bond donors (Lipinski definition) is 1. The zero-order valence-electron chi connectivity index (χ0n) is 19.1. The van der Waals surface area contributed by atoms with E-state index in [1.165, 1.54) is 4.90 Å². The number of anilines is 1. The van der Waals surface area contributed by atoms with Crippen LogP contribution in [0, 0.1) is 6.92 Å². The van der Waals surface area contributed by atoms with Gasteiger partial charge >= 0.3 is 0 Å². The van der Waals surface area contributed by atoms with Crippen LogP contribution in [-0.2, 0) is 26.2 Å². The molecule has 180 valence electrons. The summed E-state index contributed by atoms with van der Waals surface area (Å²) in [5, 5.41) is 3.69. The fourth-order valence-electron chi connectivity index (χ4n) is 3.46. The highest BCUT2D eigenvalue weighted by Crippen LogP contribution is 2.28. The molecule has 0 spiro atoms. The number of nitrogens with zero attached hydrogens (tertiary/aromatic N) is 2. The Hall–Kier alpha value is -2.29. The van der Waals surface area contributed by atoms with Gasteiger partial charge in [0.05, 0.1) is 11.9 Å². The van der Waals surface area contributed by atoms with Gasteiger partial charge in [0.15, 0.2) is 0 Å². The lowest BCUT2D eigenvalue weighted by Crippen LogP contribution is -2.52. The summed E-state index contributed by atoms with van der Waals surface area (Å²) in [6.07, 6.45) is 1.39. The first-order valence-electron chi connectivity index (χ1n) is 10.5. The monoisotopic (exact) mass is 513 g/mol. The van der Waals surface area contributed by atoms with Gasteiger partial charge in [-0.1, -0.05) is 48.3 Å². The first-order valence-corrected chi connectivity index (χ1v) is 13.1.